The van der Waals surface area contributed by atoms with E-state index < -0.39 is 24.2 Å². The van der Waals surface area contributed by atoms with Crippen LogP contribution in [0, 0.1) is 11.8 Å². The standard InChI is InChI=1S/C23H23F3N4O2.C22H21F3N4O2/c1-32-19-5-4-16-12-18(3-2-17(16)13-19)20-6-9-27-22(29-20)30-10-7-15(8-11-30)14-28-21(31)23(24,25)26;23-22(24,25)20(31)27-13-14-6-9-29(10-7-14)21-26-8-5-19(28-21)17-2-1-16-12-18(30)4-3-15(16)11-17/h2-6,9,12-13,15H,7-8,10-11,14H2,1H3,(H,28,31);1-5,8,11-12,14,30H,6-7,9-10,13H2,(H,27,31). The van der Waals surface area contributed by atoms with Gasteiger partial charge in [-0.05, 0) is 108 Å². The van der Waals surface area contributed by atoms with Gasteiger partial charge in [-0.1, -0.05) is 36.4 Å². The Kier molecular flexibility index (Phi) is 13.5. The van der Waals surface area contributed by atoms with Crippen LogP contribution in [0.2, 0.25) is 0 Å². The number of nitrogens with one attached hydrogen (secondary N) is 2. The van der Waals surface area contributed by atoms with Crippen LogP contribution >= 0.6 is 0 Å². The van der Waals surface area contributed by atoms with Crippen LogP contribution < -0.4 is 25.2 Å². The van der Waals surface area contributed by atoms with Crippen LogP contribution in [0.5, 0.6) is 11.5 Å². The summed E-state index contributed by atoms with van der Waals surface area (Å²) in [6, 6.07) is 26.7. The van der Waals surface area contributed by atoms with E-state index in [0.29, 0.717) is 63.8 Å². The van der Waals surface area contributed by atoms with Crippen molar-refractivity contribution in [3.8, 4) is 34.0 Å². The first-order chi connectivity index (χ1) is 30.1. The number of anilines is 2. The summed E-state index contributed by atoms with van der Waals surface area (Å²) in [5.74, 6) is -1.61. The number of fused-ring (bicyclic) bond motifs is 2. The highest BCUT2D eigenvalue weighted by Crippen LogP contribution is 2.30. The van der Waals surface area contributed by atoms with Gasteiger partial charge >= 0.3 is 24.2 Å². The van der Waals surface area contributed by atoms with Crippen molar-refractivity contribution in [2.45, 2.75) is 38.0 Å². The fourth-order valence-electron chi connectivity index (χ4n) is 7.57. The number of rotatable bonds is 9. The molecule has 330 valence electrons. The van der Waals surface area contributed by atoms with Crippen molar-refractivity contribution < 1.29 is 45.8 Å². The van der Waals surface area contributed by atoms with Crippen LogP contribution in [-0.2, 0) is 9.59 Å². The average molecular weight is 875 g/mol. The number of hydrogen-bond donors (Lipinski definition) is 3. The number of nitrogens with zero attached hydrogens (tertiary/aromatic N) is 6. The summed E-state index contributed by atoms with van der Waals surface area (Å²) in [7, 11) is 1.64. The lowest BCUT2D eigenvalue weighted by Crippen LogP contribution is -2.43. The summed E-state index contributed by atoms with van der Waals surface area (Å²) in [6.45, 7) is 2.48. The third-order valence-electron chi connectivity index (χ3n) is 11.2. The molecule has 63 heavy (non-hydrogen) atoms. The zero-order chi connectivity index (χ0) is 44.7. The number of amides is 2. The Morgan fingerprint density at radius 2 is 1.03 bits per heavy atom. The number of benzene rings is 4. The Morgan fingerprint density at radius 3 is 1.48 bits per heavy atom. The van der Waals surface area contributed by atoms with E-state index in [1.54, 1.807) is 31.6 Å². The van der Waals surface area contributed by atoms with Crippen LogP contribution in [0.25, 0.3) is 44.1 Å². The van der Waals surface area contributed by atoms with Crippen LogP contribution in [0.1, 0.15) is 25.7 Å². The third-order valence-corrected chi connectivity index (χ3v) is 11.2. The van der Waals surface area contributed by atoms with Gasteiger partial charge in [0, 0.05) is 62.8 Å². The topological polar surface area (TPSA) is 146 Å². The number of methoxy groups -OCH3 is 1. The van der Waals surface area contributed by atoms with Crippen LogP contribution in [0.3, 0.4) is 0 Å². The minimum absolute atomic E-state index is 0.00166. The normalized spacial score (nSPS) is 15.2. The van der Waals surface area contributed by atoms with Crippen molar-refractivity contribution in [1.29, 1.82) is 0 Å². The number of halogens is 6. The molecule has 0 saturated carbocycles. The molecule has 2 aromatic heterocycles. The largest absolute Gasteiger partial charge is 0.508 e. The molecule has 0 radical (unpaired) electrons. The number of phenolic OH excluding ortho intramolecular Hbond substituents is 1. The van der Waals surface area contributed by atoms with Gasteiger partial charge in [-0.2, -0.15) is 26.3 Å². The Morgan fingerprint density at radius 1 is 0.619 bits per heavy atom. The first-order valence-corrected chi connectivity index (χ1v) is 20.3. The van der Waals surface area contributed by atoms with Gasteiger partial charge in [0.15, 0.2) is 0 Å². The van der Waals surface area contributed by atoms with Gasteiger partial charge < -0.3 is 30.3 Å². The first-order valence-electron chi connectivity index (χ1n) is 20.3. The maximum absolute atomic E-state index is 12.3. The van der Waals surface area contributed by atoms with Gasteiger partial charge in [0.1, 0.15) is 11.5 Å². The number of alkyl halides is 6. The van der Waals surface area contributed by atoms with E-state index in [1.807, 2.05) is 87.2 Å². The van der Waals surface area contributed by atoms with Crippen molar-refractivity contribution in [3.05, 3.63) is 97.3 Å². The lowest BCUT2D eigenvalue weighted by atomic mass is 9.97. The van der Waals surface area contributed by atoms with E-state index in [2.05, 4.69) is 21.0 Å². The predicted octanol–water partition coefficient (Wildman–Crippen LogP) is 8.10. The summed E-state index contributed by atoms with van der Waals surface area (Å²) < 4.78 is 79.3. The van der Waals surface area contributed by atoms with Crippen LogP contribution in [0.4, 0.5) is 38.2 Å². The minimum atomic E-state index is -4.85. The molecule has 8 rings (SSSR count). The molecule has 0 aliphatic carbocycles. The number of phenols is 1. The van der Waals surface area contributed by atoms with Crippen LogP contribution in [0.15, 0.2) is 97.3 Å². The molecule has 12 nitrogen and oxygen atoms in total. The molecule has 2 amide bonds. The second-order valence-electron chi connectivity index (χ2n) is 15.4. The van der Waals surface area contributed by atoms with Crippen molar-refractivity contribution in [2.75, 3.05) is 56.2 Å². The monoisotopic (exact) mass is 874 g/mol. The maximum Gasteiger partial charge on any atom is 0.471 e. The molecule has 4 aromatic carbocycles. The lowest BCUT2D eigenvalue weighted by Gasteiger charge is -2.32. The number of piperidine rings is 2. The van der Waals surface area contributed by atoms with Gasteiger partial charge in [0.2, 0.25) is 11.9 Å². The van der Waals surface area contributed by atoms with Crippen molar-refractivity contribution in [2.24, 2.45) is 11.8 Å². The highest BCUT2D eigenvalue weighted by atomic mass is 19.4. The molecule has 6 aromatic rings. The first kappa shape index (κ1) is 44.3. The molecule has 18 heteroatoms. The number of hydrogen-bond acceptors (Lipinski definition) is 10. The quantitative estimate of drug-likeness (QED) is 0.122. The SMILES string of the molecule is COc1ccc2cc(-c3ccnc(N4CCC(CNC(=O)C(F)(F)F)CC4)n3)ccc2c1.O=C(NCC1CCN(c2nccc(-c3ccc4cc(O)ccc4c3)n2)CC1)C(F)(F)F. The molecule has 0 atom stereocenters. The van der Waals surface area contributed by atoms with Gasteiger partial charge in [-0.15, -0.1) is 0 Å². The number of ether oxygens (including phenoxy) is 1. The van der Waals surface area contributed by atoms with Crippen molar-refractivity contribution >= 4 is 45.3 Å². The summed E-state index contributed by atoms with van der Waals surface area (Å²) >= 11 is 0. The molecule has 3 N–H and O–H groups in total. The van der Waals surface area contributed by atoms with E-state index in [9.17, 15) is 41.0 Å². The maximum atomic E-state index is 12.3. The summed E-state index contributed by atoms with van der Waals surface area (Å²) in [6.07, 6.45) is -3.69. The molecule has 0 bridgehead atoms. The highest BCUT2D eigenvalue weighted by molar-refractivity contribution is 5.89. The second-order valence-corrected chi connectivity index (χ2v) is 15.4. The Bertz CT molecular complexity index is 2560. The number of aromatic nitrogens is 4. The van der Waals surface area contributed by atoms with Crippen molar-refractivity contribution in [1.82, 2.24) is 30.6 Å². The summed E-state index contributed by atoms with van der Waals surface area (Å²) in [4.78, 5) is 44.1. The third kappa shape index (κ3) is 11.4. The predicted molar refractivity (Wildman–Crippen MR) is 226 cm³/mol. The van der Waals surface area contributed by atoms with E-state index in [4.69, 9.17) is 9.72 Å². The second kappa shape index (κ2) is 19.1. The van der Waals surface area contributed by atoms with Gasteiger partial charge in [-0.25, -0.2) is 19.9 Å². The molecular formula is C45H44F6N8O4. The van der Waals surface area contributed by atoms with E-state index in [0.717, 1.165) is 49.8 Å². The van der Waals surface area contributed by atoms with Crippen molar-refractivity contribution in [3.63, 3.8) is 0 Å². The molecule has 0 spiro atoms. The number of aromatic hydroxyl groups is 1. The molecular weight excluding hydrogens is 831 g/mol. The highest BCUT2D eigenvalue weighted by Gasteiger charge is 2.39. The van der Waals surface area contributed by atoms with E-state index >= 15 is 0 Å². The Balaban J connectivity index is 0.000000189. The van der Waals surface area contributed by atoms with Gasteiger partial charge in [0.05, 0.1) is 18.5 Å². The Labute approximate surface area is 358 Å². The van der Waals surface area contributed by atoms with Gasteiger partial charge in [0.25, 0.3) is 0 Å². The average Bonchev–Trinajstić information content (AvgIpc) is 3.29. The van der Waals surface area contributed by atoms with E-state index in [-0.39, 0.29) is 30.7 Å². The molecule has 2 aliphatic heterocycles. The molecule has 2 saturated heterocycles. The fourth-order valence-corrected chi connectivity index (χ4v) is 7.57. The van der Waals surface area contributed by atoms with Crippen LogP contribution in [-0.4, -0.2) is 95.6 Å². The molecule has 0 unspecified atom stereocenters. The summed E-state index contributed by atoms with van der Waals surface area (Å²) in [5.41, 5.74) is 3.45. The molecule has 2 aliphatic rings. The fraction of sp³-hybridized carbons (Fsp3) is 0.333. The van der Waals surface area contributed by atoms with E-state index in [1.165, 1.54) is 0 Å². The smallest absolute Gasteiger partial charge is 0.471 e. The summed E-state index contributed by atoms with van der Waals surface area (Å²) in [5, 5.41) is 17.6. The zero-order valence-corrected chi connectivity index (χ0v) is 34.1. The Hall–Kier alpha value is -6.72. The zero-order valence-electron chi connectivity index (χ0n) is 34.1. The molecule has 4 heterocycles. The number of carbonyl (C=O) groups excluding carboxylic acids is 2. The van der Waals surface area contributed by atoms with Gasteiger partial charge in [-0.3, -0.25) is 9.59 Å². The minimum Gasteiger partial charge on any atom is -0.508 e. The lowest BCUT2D eigenvalue weighted by molar-refractivity contribution is -0.173. The number of carbonyl (C=O) groups is 2. The molecule has 2 fully saturated rings.